The molecule has 0 fully saturated rings. The Morgan fingerprint density at radius 3 is 2.85 bits per heavy atom. The van der Waals surface area contributed by atoms with Crippen LogP contribution in [-0.4, -0.2) is 0 Å². The van der Waals surface area contributed by atoms with Crippen LogP contribution in [0.4, 0.5) is 0 Å². The van der Waals surface area contributed by atoms with E-state index in [4.69, 9.17) is 5.26 Å². The summed E-state index contributed by atoms with van der Waals surface area (Å²) in [5.41, 5.74) is 2.23. The predicted octanol–water partition coefficient (Wildman–Crippen LogP) is 3.66. The molecule has 0 aliphatic heterocycles. The third kappa shape index (κ3) is 1.51. The molecule has 0 aliphatic carbocycles. The Balaban J connectivity index is 2.53. The van der Waals surface area contributed by atoms with Crippen molar-refractivity contribution in [3.8, 4) is 17.2 Å². The van der Waals surface area contributed by atoms with Gasteiger partial charge >= 0.3 is 0 Å². The van der Waals surface area contributed by atoms with E-state index in [-0.39, 0.29) is 0 Å². The zero-order valence-electron chi connectivity index (χ0n) is 7.07. The normalized spacial score (nSPS) is 9.85. The second kappa shape index (κ2) is 3.33. The highest BCUT2D eigenvalue weighted by Gasteiger charge is 2.06. The van der Waals surface area contributed by atoms with E-state index >= 15 is 0 Å². The van der Waals surface area contributed by atoms with Gasteiger partial charge in [0.2, 0.25) is 0 Å². The fraction of sp³-hybridized carbons (Fsp3) is 0.100. The topological polar surface area (TPSA) is 23.8 Å². The number of aryl methyl sites for hydroxylation is 1. The first-order valence-corrected chi connectivity index (χ1v) is 5.60. The summed E-state index contributed by atoms with van der Waals surface area (Å²) in [6.07, 6.45) is 0. The standard InChI is InChI=1S/C10H7NS2/c1-7-4-8(6-13-7)9-2-3-12-10(9)5-11/h2-4,6H,1H3. The number of nitrogens with zero attached hydrogens (tertiary/aromatic N) is 1. The zero-order valence-corrected chi connectivity index (χ0v) is 8.71. The third-order valence-electron chi connectivity index (χ3n) is 1.81. The quantitative estimate of drug-likeness (QED) is 0.697. The van der Waals surface area contributed by atoms with Crippen molar-refractivity contribution in [3.63, 3.8) is 0 Å². The third-order valence-corrected chi connectivity index (χ3v) is 3.49. The van der Waals surface area contributed by atoms with Gasteiger partial charge in [0.25, 0.3) is 0 Å². The molecule has 2 rings (SSSR count). The van der Waals surface area contributed by atoms with Crippen LogP contribution in [0.25, 0.3) is 11.1 Å². The van der Waals surface area contributed by atoms with Crippen LogP contribution in [0.5, 0.6) is 0 Å². The summed E-state index contributed by atoms with van der Waals surface area (Å²) in [5.74, 6) is 0. The van der Waals surface area contributed by atoms with Crippen LogP contribution < -0.4 is 0 Å². The largest absolute Gasteiger partial charge is 0.192 e. The van der Waals surface area contributed by atoms with Gasteiger partial charge in [-0.1, -0.05) is 0 Å². The Morgan fingerprint density at radius 2 is 2.23 bits per heavy atom. The minimum absolute atomic E-state index is 0.804. The van der Waals surface area contributed by atoms with Crippen molar-refractivity contribution in [2.24, 2.45) is 0 Å². The van der Waals surface area contributed by atoms with Gasteiger partial charge in [-0.3, -0.25) is 0 Å². The molecule has 64 valence electrons. The Morgan fingerprint density at radius 1 is 1.38 bits per heavy atom. The van der Waals surface area contributed by atoms with Crippen molar-refractivity contribution in [1.29, 1.82) is 5.26 Å². The number of hydrogen-bond acceptors (Lipinski definition) is 3. The molecule has 0 radical (unpaired) electrons. The minimum atomic E-state index is 0.804. The first-order chi connectivity index (χ1) is 6.31. The van der Waals surface area contributed by atoms with Crippen LogP contribution in [0.1, 0.15) is 9.75 Å². The van der Waals surface area contributed by atoms with Gasteiger partial charge in [0, 0.05) is 10.4 Å². The first kappa shape index (κ1) is 8.49. The summed E-state index contributed by atoms with van der Waals surface area (Å²) >= 11 is 3.21. The Kier molecular flexibility index (Phi) is 2.17. The summed E-state index contributed by atoms with van der Waals surface area (Å²) in [6.45, 7) is 2.08. The van der Waals surface area contributed by atoms with Gasteiger partial charge in [0.15, 0.2) is 0 Å². The van der Waals surface area contributed by atoms with Gasteiger partial charge in [-0.2, -0.15) is 5.26 Å². The SMILES string of the molecule is Cc1cc(-c2ccsc2C#N)cs1. The molecule has 2 heterocycles. The molecule has 0 saturated carbocycles. The molecular formula is C10H7NS2. The van der Waals surface area contributed by atoms with Crippen LogP contribution in [0, 0.1) is 18.3 Å². The van der Waals surface area contributed by atoms with Gasteiger partial charge in [-0.05, 0) is 35.4 Å². The lowest BCUT2D eigenvalue weighted by Gasteiger charge is -1.90. The van der Waals surface area contributed by atoms with E-state index in [9.17, 15) is 0 Å². The molecule has 0 spiro atoms. The average molecular weight is 205 g/mol. The van der Waals surface area contributed by atoms with Gasteiger partial charge in [0.05, 0.1) is 0 Å². The average Bonchev–Trinajstić information content (AvgIpc) is 2.71. The summed E-state index contributed by atoms with van der Waals surface area (Å²) in [4.78, 5) is 2.09. The first-order valence-electron chi connectivity index (χ1n) is 3.84. The fourth-order valence-corrected chi connectivity index (χ4v) is 2.62. The van der Waals surface area contributed by atoms with Gasteiger partial charge in [-0.25, -0.2) is 0 Å². The van der Waals surface area contributed by atoms with Crippen molar-refractivity contribution < 1.29 is 0 Å². The number of rotatable bonds is 1. The van der Waals surface area contributed by atoms with Gasteiger partial charge < -0.3 is 0 Å². The maximum Gasteiger partial charge on any atom is 0.112 e. The van der Waals surface area contributed by atoms with Crippen molar-refractivity contribution in [3.05, 3.63) is 32.6 Å². The van der Waals surface area contributed by atoms with E-state index < -0.39 is 0 Å². The number of thiophene rings is 2. The molecule has 0 amide bonds. The van der Waals surface area contributed by atoms with Crippen molar-refractivity contribution in [1.82, 2.24) is 0 Å². The van der Waals surface area contributed by atoms with Crippen LogP contribution >= 0.6 is 22.7 Å². The monoisotopic (exact) mass is 205 g/mol. The van der Waals surface area contributed by atoms with E-state index in [2.05, 4.69) is 24.4 Å². The number of hydrogen-bond donors (Lipinski definition) is 0. The molecule has 0 atom stereocenters. The maximum absolute atomic E-state index is 8.84. The molecule has 0 saturated heterocycles. The van der Waals surface area contributed by atoms with Crippen molar-refractivity contribution in [2.75, 3.05) is 0 Å². The minimum Gasteiger partial charge on any atom is -0.192 e. The Labute approximate surface area is 84.9 Å². The molecule has 3 heteroatoms. The molecule has 0 N–H and O–H groups in total. The zero-order chi connectivity index (χ0) is 9.26. The van der Waals surface area contributed by atoms with Crippen LogP contribution in [0.15, 0.2) is 22.9 Å². The fourth-order valence-electron chi connectivity index (χ4n) is 1.21. The summed E-state index contributed by atoms with van der Waals surface area (Å²) < 4.78 is 0. The molecule has 2 aromatic heterocycles. The Hall–Kier alpha value is -1.11. The van der Waals surface area contributed by atoms with Gasteiger partial charge in [0.1, 0.15) is 10.9 Å². The summed E-state index contributed by atoms with van der Waals surface area (Å²) in [7, 11) is 0. The Bertz CT molecular complexity index is 459. The predicted molar refractivity (Wildman–Crippen MR) is 57.1 cm³/mol. The van der Waals surface area contributed by atoms with Crippen LogP contribution in [-0.2, 0) is 0 Å². The lowest BCUT2D eigenvalue weighted by molar-refractivity contribution is 1.52. The summed E-state index contributed by atoms with van der Waals surface area (Å²) in [5, 5.41) is 12.9. The lowest BCUT2D eigenvalue weighted by Crippen LogP contribution is -1.71. The van der Waals surface area contributed by atoms with Crippen molar-refractivity contribution >= 4 is 22.7 Å². The van der Waals surface area contributed by atoms with Crippen molar-refractivity contribution in [2.45, 2.75) is 6.92 Å². The van der Waals surface area contributed by atoms with E-state index in [1.807, 2.05) is 11.4 Å². The van der Waals surface area contributed by atoms with E-state index in [0.29, 0.717) is 0 Å². The highest BCUT2D eigenvalue weighted by molar-refractivity contribution is 7.11. The molecule has 2 aromatic rings. The molecular weight excluding hydrogens is 198 g/mol. The highest BCUT2D eigenvalue weighted by Crippen LogP contribution is 2.30. The number of nitriles is 1. The molecule has 1 nitrogen and oxygen atoms in total. The second-order valence-electron chi connectivity index (χ2n) is 2.72. The maximum atomic E-state index is 8.84. The lowest BCUT2D eigenvalue weighted by atomic mass is 10.1. The molecule has 0 aromatic carbocycles. The summed E-state index contributed by atoms with van der Waals surface area (Å²) in [6, 6.07) is 6.33. The van der Waals surface area contributed by atoms with Crippen LogP contribution in [0.2, 0.25) is 0 Å². The molecule has 0 aliphatic rings. The van der Waals surface area contributed by atoms with E-state index in [1.165, 1.54) is 21.8 Å². The smallest absolute Gasteiger partial charge is 0.112 e. The molecule has 13 heavy (non-hydrogen) atoms. The molecule has 0 unspecified atom stereocenters. The van der Waals surface area contributed by atoms with Crippen LogP contribution in [0.3, 0.4) is 0 Å². The van der Waals surface area contributed by atoms with E-state index in [1.54, 1.807) is 11.3 Å². The van der Waals surface area contributed by atoms with E-state index in [0.717, 1.165) is 10.4 Å². The molecule has 0 bridgehead atoms. The highest BCUT2D eigenvalue weighted by atomic mass is 32.1. The second-order valence-corrected chi connectivity index (χ2v) is 4.75. The van der Waals surface area contributed by atoms with Gasteiger partial charge in [-0.15, -0.1) is 22.7 Å².